The summed E-state index contributed by atoms with van der Waals surface area (Å²) < 4.78 is 0. The highest BCUT2D eigenvalue weighted by Gasteiger charge is 2.33. The molecule has 1 fully saturated rings. The molecule has 1 heterocycles. The van der Waals surface area contributed by atoms with Gasteiger partial charge in [-0.2, -0.15) is 0 Å². The predicted molar refractivity (Wildman–Crippen MR) is 129 cm³/mol. The fraction of sp³-hybridized carbons (Fsp3) is 0.120. The third-order valence-electron chi connectivity index (χ3n) is 4.89. The van der Waals surface area contributed by atoms with E-state index in [-0.39, 0.29) is 11.7 Å². The second-order valence-corrected chi connectivity index (χ2v) is 8.68. The molecule has 0 unspecified atom stereocenters. The standard InChI is InChI=1S/C25H21ClN2O2S/c1-17-7-10-21(11-8-17)27-25-28(14-13-18-5-3-2-4-6-18)24(30)23(31-25)16-19-15-20(26)9-12-22(19)29/h2-12,15-16,29H,13-14H2,1H3/b23-16+,27-25?. The van der Waals surface area contributed by atoms with E-state index in [4.69, 9.17) is 16.6 Å². The van der Waals surface area contributed by atoms with Gasteiger partial charge < -0.3 is 5.11 Å². The zero-order chi connectivity index (χ0) is 21.8. The van der Waals surface area contributed by atoms with Gasteiger partial charge in [-0.15, -0.1) is 0 Å². The number of hydrogen-bond donors (Lipinski definition) is 1. The van der Waals surface area contributed by atoms with Gasteiger partial charge in [0.1, 0.15) is 5.75 Å². The molecule has 4 nitrogen and oxygen atoms in total. The molecule has 1 aliphatic heterocycles. The van der Waals surface area contributed by atoms with Gasteiger partial charge in [0.25, 0.3) is 5.91 Å². The molecule has 0 aliphatic carbocycles. The van der Waals surface area contributed by atoms with Crippen molar-refractivity contribution in [2.24, 2.45) is 4.99 Å². The van der Waals surface area contributed by atoms with Crippen molar-refractivity contribution in [2.75, 3.05) is 6.54 Å². The Hall–Kier alpha value is -3.02. The lowest BCUT2D eigenvalue weighted by Crippen LogP contribution is -2.31. The Morgan fingerprint density at radius 2 is 1.81 bits per heavy atom. The average Bonchev–Trinajstić information content (AvgIpc) is 3.05. The van der Waals surface area contributed by atoms with Crippen LogP contribution in [-0.4, -0.2) is 27.6 Å². The zero-order valence-corrected chi connectivity index (χ0v) is 18.5. The third kappa shape index (κ3) is 5.19. The van der Waals surface area contributed by atoms with Gasteiger partial charge in [-0.3, -0.25) is 9.69 Å². The van der Waals surface area contributed by atoms with Gasteiger partial charge >= 0.3 is 0 Å². The second-order valence-electron chi connectivity index (χ2n) is 7.24. The number of phenolic OH excluding ortho intramolecular Hbond substituents is 1. The molecule has 0 bridgehead atoms. The van der Waals surface area contributed by atoms with Crippen molar-refractivity contribution in [1.29, 1.82) is 0 Å². The number of aromatic hydroxyl groups is 1. The summed E-state index contributed by atoms with van der Waals surface area (Å²) in [4.78, 5) is 20.2. The molecule has 0 atom stereocenters. The van der Waals surface area contributed by atoms with Crippen LogP contribution >= 0.6 is 23.4 Å². The summed E-state index contributed by atoms with van der Waals surface area (Å²) in [6, 6.07) is 22.7. The maximum atomic E-state index is 13.2. The fourth-order valence-electron chi connectivity index (χ4n) is 3.19. The van der Waals surface area contributed by atoms with Crippen LogP contribution in [0.15, 0.2) is 82.7 Å². The average molecular weight is 449 g/mol. The van der Waals surface area contributed by atoms with Crippen LogP contribution in [0, 0.1) is 6.92 Å². The summed E-state index contributed by atoms with van der Waals surface area (Å²) in [5, 5.41) is 11.3. The molecular weight excluding hydrogens is 428 g/mol. The minimum Gasteiger partial charge on any atom is -0.507 e. The van der Waals surface area contributed by atoms with Crippen LogP contribution in [0.2, 0.25) is 5.02 Å². The Labute approximate surface area is 190 Å². The van der Waals surface area contributed by atoms with E-state index in [2.05, 4.69) is 0 Å². The van der Waals surface area contributed by atoms with E-state index in [1.807, 2.05) is 61.5 Å². The number of halogens is 1. The molecule has 0 aromatic heterocycles. The van der Waals surface area contributed by atoms with Crippen LogP contribution in [0.4, 0.5) is 5.69 Å². The van der Waals surface area contributed by atoms with Gasteiger partial charge in [0.05, 0.1) is 10.6 Å². The maximum Gasteiger partial charge on any atom is 0.266 e. The highest BCUT2D eigenvalue weighted by Crippen LogP contribution is 2.36. The number of carbonyl (C=O) groups is 1. The first-order chi connectivity index (χ1) is 15.0. The van der Waals surface area contributed by atoms with Crippen molar-refractivity contribution in [1.82, 2.24) is 4.90 Å². The Bertz CT molecular complexity index is 1160. The number of nitrogens with zero attached hydrogens (tertiary/aromatic N) is 2. The summed E-state index contributed by atoms with van der Waals surface area (Å²) in [6.07, 6.45) is 2.39. The van der Waals surface area contributed by atoms with Crippen molar-refractivity contribution in [2.45, 2.75) is 13.3 Å². The van der Waals surface area contributed by atoms with Crippen molar-refractivity contribution >= 4 is 46.2 Å². The first kappa shape index (κ1) is 21.2. The predicted octanol–water partition coefficient (Wildman–Crippen LogP) is 6.20. The van der Waals surface area contributed by atoms with Crippen LogP contribution in [0.5, 0.6) is 5.75 Å². The molecule has 0 radical (unpaired) electrons. The Balaban J connectivity index is 1.66. The second kappa shape index (κ2) is 9.41. The zero-order valence-electron chi connectivity index (χ0n) is 17.0. The number of hydrogen-bond acceptors (Lipinski definition) is 4. The van der Waals surface area contributed by atoms with E-state index >= 15 is 0 Å². The lowest BCUT2D eigenvalue weighted by molar-refractivity contribution is -0.122. The minimum atomic E-state index is -0.133. The third-order valence-corrected chi connectivity index (χ3v) is 6.13. The number of amides is 1. The number of rotatable bonds is 5. The van der Waals surface area contributed by atoms with E-state index in [1.54, 1.807) is 23.1 Å². The van der Waals surface area contributed by atoms with Crippen molar-refractivity contribution in [3.05, 3.63) is 99.4 Å². The largest absolute Gasteiger partial charge is 0.507 e. The van der Waals surface area contributed by atoms with Crippen LogP contribution < -0.4 is 0 Å². The van der Waals surface area contributed by atoms with Crippen molar-refractivity contribution in [3.63, 3.8) is 0 Å². The van der Waals surface area contributed by atoms with E-state index in [0.29, 0.717) is 27.2 Å². The molecule has 1 N–H and O–H groups in total. The number of thioether (sulfide) groups is 1. The number of phenols is 1. The molecule has 1 amide bonds. The number of amidine groups is 1. The van der Waals surface area contributed by atoms with Gasteiger partial charge in [-0.25, -0.2) is 4.99 Å². The molecule has 156 valence electrons. The Morgan fingerprint density at radius 1 is 1.06 bits per heavy atom. The van der Waals surface area contributed by atoms with Gasteiger partial charge in [0, 0.05) is 17.1 Å². The SMILES string of the molecule is Cc1ccc(N=C2S/C(=C/c3cc(Cl)ccc3O)C(=O)N2CCc2ccccc2)cc1. The van der Waals surface area contributed by atoms with Crippen molar-refractivity contribution in [3.8, 4) is 5.75 Å². The lowest BCUT2D eigenvalue weighted by atomic mass is 10.1. The summed E-state index contributed by atoms with van der Waals surface area (Å²) in [7, 11) is 0. The molecular formula is C25H21ClN2O2S. The molecule has 1 aliphatic rings. The van der Waals surface area contributed by atoms with Gasteiger partial charge in [0.15, 0.2) is 5.17 Å². The number of carbonyl (C=O) groups excluding carboxylic acids is 1. The summed E-state index contributed by atoms with van der Waals surface area (Å²) >= 11 is 7.37. The first-order valence-corrected chi connectivity index (χ1v) is 11.1. The van der Waals surface area contributed by atoms with E-state index < -0.39 is 0 Å². The van der Waals surface area contributed by atoms with E-state index in [1.165, 1.54) is 17.8 Å². The van der Waals surface area contributed by atoms with Gasteiger partial charge in [-0.1, -0.05) is 59.6 Å². The summed E-state index contributed by atoms with van der Waals surface area (Å²) in [6.45, 7) is 2.54. The van der Waals surface area contributed by atoms with Crippen LogP contribution in [0.1, 0.15) is 16.7 Å². The number of aryl methyl sites for hydroxylation is 1. The molecule has 1 saturated heterocycles. The minimum absolute atomic E-state index is 0.0741. The Kier molecular flexibility index (Phi) is 6.44. The quantitative estimate of drug-likeness (QED) is 0.472. The fourth-order valence-corrected chi connectivity index (χ4v) is 4.38. The molecule has 6 heteroatoms. The lowest BCUT2D eigenvalue weighted by Gasteiger charge is -2.15. The van der Waals surface area contributed by atoms with Crippen LogP contribution in [-0.2, 0) is 11.2 Å². The van der Waals surface area contributed by atoms with Crippen LogP contribution in [0.3, 0.4) is 0 Å². The molecule has 4 rings (SSSR count). The van der Waals surface area contributed by atoms with Crippen LogP contribution in [0.25, 0.3) is 6.08 Å². The molecule has 0 spiro atoms. The summed E-state index contributed by atoms with van der Waals surface area (Å²) in [5.41, 5.74) is 3.59. The highest BCUT2D eigenvalue weighted by atomic mass is 35.5. The van der Waals surface area contributed by atoms with E-state index in [9.17, 15) is 9.90 Å². The number of benzene rings is 3. The van der Waals surface area contributed by atoms with E-state index in [0.717, 1.165) is 23.2 Å². The number of aliphatic imine (C=N–C) groups is 1. The maximum absolute atomic E-state index is 13.2. The molecule has 0 saturated carbocycles. The Morgan fingerprint density at radius 3 is 2.55 bits per heavy atom. The molecule has 3 aromatic rings. The first-order valence-electron chi connectivity index (χ1n) is 9.89. The van der Waals surface area contributed by atoms with Crippen molar-refractivity contribution < 1.29 is 9.90 Å². The highest BCUT2D eigenvalue weighted by molar-refractivity contribution is 8.18. The smallest absolute Gasteiger partial charge is 0.266 e. The normalized spacial score (nSPS) is 16.5. The topological polar surface area (TPSA) is 52.9 Å². The summed E-state index contributed by atoms with van der Waals surface area (Å²) in [5.74, 6) is -0.0590. The van der Waals surface area contributed by atoms with Gasteiger partial charge in [-0.05, 0) is 67.1 Å². The monoisotopic (exact) mass is 448 g/mol. The molecule has 3 aromatic carbocycles. The molecule has 31 heavy (non-hydrogen) atoms. The van der Waals surface area contributed by atoms with Gasteiger partial charge in [0.2, 0.25) is 0 Å².